The van der Waals surface area contributed by atoms with Crippen LogP contribution in [0.5, 0.6) is 5.88 Å². The van der Waals surface area contributed by atoms with E-state index in [0.29, 0.717) is 11.4 Å². The largest absolute Gasteiger partial charge is 0.474 e. The molecule has 120 valence electrons. The van der Waals surface area contributed by atoms with E-state index < -0.39 is 0 Å². The van der Waals surface area contributed by atoms with E-state index in [1.165, 1.54) is 0 Å². The lowest BCUT2D eigenvalue weighted by Crippen LogP contribution is -2.39. The summed E-state index contributed by atoms with van der Waals surface area (Å²) in [6.07, 6.45) is 8.96. The molecule has 1 amide bonds. The van der Waals surface area contributed by atoms with Crippen molar-refractivity contribution in [3.63, 3.8) is 0 Å². The number of nitrogens with one attached hydrogen (secondary N) is 1. The molecule has 2 aromatic rings. The zero-order valence-electron chi connectivity index (χ0n) is 13.2. The Balaban J connectivity index is 1.47. The van der Waals surface area contributed by atoms with Crippen LogP contribution in [0.15, 0.2) is 42.9 Å². The monoisotopic (exact) mass is 311 g/mol. The van der Waals surface area contributed by atoms with E-state index in [0.717, 1.165) is 31.2 Å². The summed E-state index contributed by atoms with van der Waals surface area (Å²) in [6.45, 7) is 2.01. The molecular weight excluding hydrogens is 290 g/mol. The normalized spacial score (nSPS) is 20.7. The Bertz CT molecular complexity index is 635. The van der Waals surface area contributed by atoms with Gasteiger partial charge < -0.3 is 10.1 Å². The molecule has 5 heteroatoms. The molecule has 23 heavy (non-hydrogen) atoms. The zero-order valence-corrected chi connectivity index (χ0v) is 13.2. The second kappa shape index (κ2) is 7.22. The summed E-state index contributed by atoms with van der Waals surface area (Å²) in [5, 5.41) is 3.09. The maximum Gasteiger partial charge on any atom is 0.251 e. The summed E-state index contributed by atoms with van der Waals surface area (Å²) in [5.74, 6) is 0.650. The van der Waals surface area contributed by atoms with E-state index in [4.69, 9.17) is 4.74 Å². The van der Waals surface area contributed by atoms with E-state index in [-0.39, 0.29) is 18.1 Å². The number of ether oxygens (including phenoxy) is 1. The van der Waals surface area contributed by atoms with Crippen molar-refractivity contribution in [3.05, 3.63) is 54.0 Å². The van der Waals surface area contributed by atoms with Gasteiger partial charge in [0.2, 0.25) is 5.88 Å². The fourth-order valence-electron chi connectivity index (χ4n) is 2.79. The number of rotatable bonds is 4. The van der Waals surface area contributed by atoms with Crippen LogP contribution in [0, 0.1) is 6.92 Å². The van der Waals surface area contributed by atoms with Gasteiger partial charge in [-0.1, -0.05) is 6.07 Å². The quantitative estimate of drug-likeness (QED) is 0.943. The van der Waals surface area contributed by atoms with Crippen LogP contribution >= 0.6 is 0 Å². The van der Waals surface area contributed by atoms with Gasteiger partial charge in [0.1, 0.15) is 6.10 Å². The highest BCUT2D eigenvalue weighted by Gasteiger charge is 2.24. The number of pyridine rings is 2. The number of hydrogen-bond donors (Lipinski definition) is 1. The lowest BCUT2D eigenvalue weighted by atomic mass is 9.92. The molecule has 3 rings (SSSR count). The van der Waals surface area contributed by atoms with Crippen LogP contribution in [0.25, 0.3) is 0 Å². The van der Waals surface area contributed by atoms with E-state index >= 15 is 0 Å². The predicted molar refractivity (Wildman–Crippen MR) is 87.3 cm³/mol. The fraction of sp³-hybridized carbons (Fsp3) is 0.389. The molecule has 0 bridgehead atoms. The van der Waals surface area contributed by atoms with Gasteiger partial charge in [0, 0.05) is 36.3 Å². The summed E-state index contributed by atoms with van der Waals surface area (Å²) in [7, 11) is 0. The highest BCUT2D eigenvalue weighted by molar-refractivity contribution is 5.94. The molecule has 0 spiro atoms. The molecule has 1 aliphatic carbocycles. The Morgan fingerprint density at radius 3 is 2.52 bits per heavy atom. The molecule has 1 fully saturated rings. The highest BCUT2D eigenvalue weighted by atomic mass is 16.5. The standard InChI is InChI=1S/C18H21N3O2/c1-13-2-7-17(20-12-13)23-16-5-3-15(4-6-16)21-18(22)14-8-10-19-11-9-14/h2,7-12,15-16H,3-6H2,1H3,(H,21,22). The van der Waals surface area contributed by atoms with Gasteiger partial charge in [-0.25, -0.2) is 4.98 Å². The first kappa shape index (κ1) is 15.5. The third-order valence-corrected chi connectivity index (χ3v) is 4.12. The average molecular weight is 311 g/mol. The number of hydrogen-bond acceptors (Lipinski definition) is 4. The van der Waals surface area contributed by atoms with Gasteiger partial charge in [0.25, 0.3) is 5.91 Å². The molecule has 1 aliphatic rings. The van der Waals surface area contributed by atoms with Crippen molar-refractivity contribution in [2.75, 3.05) is 0 Å². The minimum atomic E-state index is -0.0306. The van der Waals surface area contributed by atoms with Crippen molar-refractivity contribution >= 4 is 5.91 Å². The van der Waals surface area contributed by atoms with Gasteiger partial charge in [-0.2, -0.15) is 0 Å². The minimum absolute atomic E-state index is 0.0306. The lowest BCUT2D eigenvalue weighted by molar-refractivity contribution is 0.0890. The van der Waals surface area contributed by atoms with Crippen molar-refractivity contribution in [1.29, 1.82) is 0 Å². The third kappa shape index (κ3) is 4.28. The second-order valence-electron chi connectivity index (χ2n) is 5.97. The summed E-state index contributed by atoms with van der Waals surface area (Å²) < 4.78 is 5.92. The molecule has 0 radical (unpaired) electrons. The first-order valence-electron chi connectivity index (χ1n) is 8.01. The van der Waals surface area contributed by atoms with Gasteiger partial charge in [-0.3, -0.25) is 9.78 Å². The van der Waals surface area contributed by atoms with Crippen LogP contribution in [-0.2, 0) is 0 Å². The van der Waals surface area contributed by atoms with Crippen LogP contribution < -0.4 is 10.1 Å². The van der Waals surface area contributed by atoms with E-state index in [2.05, 4.69) is 15.3 Å². The molecule has 0 unspecified atom stereocenters. The Kier molecular flexibility index (Phi) is 4.86. The second-order valence-corrected chi connectivity index (χ2v) is 5.97. The molecule has 0 atom stereocenters. The van der Waals surface area contributed by atoms with Crippen molar-refractivity contribution in [1.82, 2.24) is 15.3 Å². The van der Waals surface area contributed by atoms with Gasteiger partial charge in [0.05, 0.1) is 0 Å². The van der Waals surface area contributed by atoms with Crippen LogP contribution in [0.4, 0.5) is 0 Å². The first-order chi connectivity index (χ1) is 11.2. The first-order valence-corrected chi connectivity index (χ1v) is 8.01. The number of carbonyl (C=O) groups is 1. The number of amides is 1. The summed E-state index contributed by atoms with van der Waals surface area (Å²) in [5.41, 5.74) is 1.78. The predicted octanol–water partition coefficient (Wildman–Crippen LogP) is 2.91. The summed E-state index contributed by atoms with van der Waals surface area (Å²) >= 11 is 0. The molecule has 2 aromatic heterocycles. The fourth-order valence-corrected chi connectivity index (χ4v) is 2.79. The van der Waals surface area contributed by atoms with Gasteiger partial charge in [-0.05, 0) is 50.3 Å². The summed E-state index contributed by atoms with van der Waals surface area (Å²) in [4.78, 5) is 20.3. The maximum absolute atomic E-state index is 12.1. The lowest BCUT2D eigenvalue weighted by Gasteiger charge is -2.29. The van der Waals surface area contributed by atoms with Crippen LogP contribution in [0.2, 0.25) is 0 Å². The Morgan fingerprint density at radius 1 is 1.13 bits per heavy atom. The number of aryl methyl sites for hydroxylation is 1. The third-order valence-electron chi connectivity index (χ3n) is 4.12. The SMILES string of the molecule is Cc1ccc(OC2CCC(NC(=O)c3ccncc3)CC2)nc1. The Hall–Kier alpha value is -2.43. The van der Waals surface area contributed by atoms with Crippen molar-refractivity contribution in [2.24, 2.45) is 0 Å². The highest BCUT2D eigenvalue weighted by Crippen LogP contribution is 2.23. The maximum atomic E-state index is 12.1. The number of nitrogens with zero attached hydrogens (tertiary/aromatic N) is 2. The average Bonchev–Trinajstić information content (AvgIpc) is 2.59. The number of carbonyl (C=O) groups excluding carboxylic acids is 1. The Labute approximate surface area is 136 Å². The van der Waals surface area contributed by atoms with Gasteiger partial charge >= 0.3 is 0 Å². The topological polar surface area (TPSA) is 64.1 Å². The molecular formula is C18H21N3O2. The number of aromatic nitrogens is 2. The molecule has 1 N–H and O–H groups in total. The van der Waals surface area contributed by atoms with Gasteiger partial charge in [-0.15, -0.1) is 0 Å². The molecule has 5 nitrogen and oxygen atoms in total. The van der Waals surface area contributed by atoms with Crippen LogP contribution in [-0.4, -0.2) is 28.0 Å². The van der Waals surface area contributed by atoms with Crippen molar-refractivity contribution in [3.8, 4) is 5.88 Å². The minimum Gasteiger partial charge on any atom is -0.474 e. The molecule has 2 heterocycles. The smallest absolute Gasteiger partial charge is 0.251 e. The molecule has 0 aromatic carbocycles. The van der Waals surface area contributed by atoms with Crippen LogP contribution in [0.1, 0.15) is 41.6 Å². The van der Waals surface area contributed by atoms with Crippen LogP contribution in [0.3, 0.4) is 0 Å². The van der Waals surface area contributed by atoms with Gasteiger partial charge in [0.15, 0.2) is 0 Å². The van der Waals surface area contributed by atoms with E-state index in [1.807, 2.05) is 25.3 Å². The molecule has 1 saturated carbocycles. The van der Waals surface area contributed by atoms with Crippen molar-refractivity contribution in [2.45, 2.75) is 44.8 Å². The molecule has 0 aliphatic heterocycles. The summed E-state index contributed by atoms with van der Waals surface area (Å²) in [6, 6.07) is 7.58. The van der Waals surface area contributed by atoms with Crippen molar-refractivity contribution < 1.29 is 9.53 Å². The molecule has 0 saturated heterocycles. The van der Waals surface area contributed by atoms with E-state index in [1.54, 1.807) is 24.5 Å². The van der Waals surface area contributed by atoms with E-state index in [9.17, 15) is 4.79 Å². The Morgan fingerprint density at radius 2 is 1.87 bits per heavy atom. The zero-order chi connectivity index (χ0) is 16.1.